The molecule has 1 aliphatic carbocycles. The van der Waals surface area contributed by atoms with Crippen LogP contribution >= 0.6 is 11.6 Å². The zero-order valence-corrected chi connectivity index (χ0v) is 10.0. The summed E-state index contributed by atoms with van der Waals surface area (Å²) in [6.45, 7) is 0. The Balaban J connectivity index is 0.00000144. The second-order valence-corrected chi connectivity index (χ2v) is 4.21. The van der Waals surface area contributed by atoms with Crippen LogP contribution in [-0.4, -0.2) is 12.1 Å². The molecule has 0 unspecified atom stereocenters. The van der Waals surface area contributed by atoms with Gasteiger partial charge in [0, 0.05) is 18.0 Å². The van der Waals surface area contributed by atoms with Crippen molar-refractivity contribution in [2.45, 2.75) is 18.9 Å². The Morgan fingerprint density at radius 1 is 1.47 bits per heavy atom. The molecule has 0 aliphatic heterocycles. The largest absolute Gasteiger partial charge is 1.00 e. The fourth-order valence-corrected chi connectivity index (χ4v) is 1.76. The average molecular weight is 251 g/mol. The van der Waals surface area contributed by atoms with Crippen molar-refractivity contribution in [2.24, 2.45) is 5.92 Å². The summed E-state index contributed by atoms with van der Waals surface area (Å²) in [5.41, 5.74) is 0. The molecule has 0 spiro atoms. The van der Waals surface area contributed by atoms with Crippen LogP contribution in [0.4, 0.5) is 4.39 Å². The van der Waals surface area contributed by atoms with E-state index >= 15 is 0 Å². The first-order valence-corrected chi connectivity index (χ1v) is 5.26. The molecule has 86 valence electrons. The molecule has 1 fully saturated rings. The van der Waals surface area contributed by atoms with Crippen molar-refractivity contribution in [2.75, 3.05) is 0 Å². The van der Waals surface area contributed by atoms with Crippen molar-refractivity contribution in [1.82, 2.24) is 0 Å². The number of benzene rings is 1. The van der Waals surface area contributed by atoms with Crippen molar-refractivity contribution in [3.05, 3.63) is 29.0 Å². The molecular formula is C11H9ClFLiO3. The van der Waals surface area contributed by atoms with Crippen molar-refractivity contribution < 1.29 is 37.9 Å². The van der Waals surface area contributed by atoms with E-state index in [0.29, 0.717) is 17.9 Å². The van der Waals surface area contributed by atoms with Gasteiger partial charge in [-0.1, -0.05) is 11.6 Å². The van der Waals surface area contributed by atoms with Crippen molar-refractivity contribution >= 4 is 17.6 Å². The van der Waals surface area contributed by atoms with Gasteiger partial charge in [0.05, 0.1) is 5.02 Å². The molecule has 1 aromatic carbocycles. The van der Waals surface area contributed by atoms with Crippen LogP contribution < -0.4 is 28.7 Å². The molecule has 1 aromatic rings. The number of carbonyl (C=O) groups is 1. The van der Waals surface area contributed by atoms with E-state index in [1.54, 1.807) is 0 Å². The number of hydrogen-bond acceptors (Lipinski definition) is 3. The van der Waals surface area contributed by atoms with Crippen LogP contribution in [0, 0.1) is 11.7 Å². The summed E-state index contributed by atoms with van der Waals surface area (Å²) in [5, 5.41) is 10.8. The van der Waals surface area contributed by atoms with Gasteiger partial charge in [0.2, 0.25) is 0 Å². The molecule has 0 N–H and O–H groups in total. The number of carbonyl (C=O) groups excluding carboxylic acids is 1. The minimum absolute atomic E-state index is 0. The SMILES string of the molecule is O=C([O-])C1CC(Oc2cc(F)ccc2Cl)C1.[Li+]. The third-order valence-corrected chi connectivity index (χ3v) is 2.93. The number of rotatable bonds is 3. The molecule has 3 nitrogen and oxygen atoms in total. The van der Waals surface area contributed by atoms with E-state index in [1.807, 2.05) is 0 Å². The minimum Gasteiger partial charge on any atom is -0.550 e. The summed E-state index contributed by atoms with van der Waals surface area (Å²) >= 11 is 5.80. The number of halogens is 2. The van der Waals surface area contributed by atoms with Gasteiger partial charge >= 0.3 is 18.9 Å². The van der Waals surface area contributed by atoms with Gasteiger partial charge in [-0.3, -0.25) is 0 Å². The molecule has 17 heavy (non-hydrogen) atoms. The topological polar surface area (TPSA) is 49.4 Å². The van der Waals surface area contributed by atoms with E-state index < -0.39 is 17.7 Å². The van der Waals surface area contributed by atoms with Gasteiger partial charge in [0.25, 0.3) is 0 Å². The monoisotopic (exact) mass is 250 g/mol. The van der Waals surface area contributed by atoms with Crippen molar-refractivity contribution in [1.29, 1.82) is 0 Å². The average Bonchev–Trinajstić information content (AvgIpc) is 2.15. The molecule has 0 bridgehead atoms. The van der Waals surface area contributed by atoms with Crippen LogP contribution in [-0.2, 0) is 4.79 Å². The summed E-state index contributed by atoms with van der Waals surface area (Å²) in [4.78, 5) is 10.4. The Kier molecular flexibility index (Phi) is 4.88. The normalized spacial score (nSPS) is 22.2. The van der Waals surface area contributed by atoms with Crippen LogP contribution in [0.1, 0.15) is 12.8 Å². The van der Waals surface area contributed by atoms with Crippen LogP contribution in [0.2, 0.25) is 5.02 Å². The standard InChI is InChI=1S/C11H10ClFO3.Li/c12-9-2-1-7(13)5-10(9)16-8-3-6(4-8)11(14)15;/h1-2,5-6,8H,3-4H2,(H,14,15);/q;+1/p-1. The first-order chi connectivity index (χ1) is 7.56. The Bertz CT molecular complexity index is 421. The number of ether oxygens (including phenoxy) is 1. The molecule has 0 atom stereocenters. The quantitative estimate of drug-likeness (QED) is 0.607. The zero-order valence-electron chi connectivity index (χ0n) is 9.28. The van der Waals surface area contributed by atoms with Gasteiger partial charge in [0.15, 0.2) is 0 Å². The Morgan fingerprint density at radius 2 is 2.12 bits per heavy atom. The van der Waals surface area contributed by atoms with Crippen LogP contribution in [0.3, 0.4) is 0 Å². The summed E-state index contributed by atoms with van der Waals surface area (Å²) in [6.07, 6.45) is 0.548. The smallest absolute Gasteiger partial charge is 0.550 e. The summed E-state index contributed by atoms with van der Waals surface area (Å²) in [6, 6.07) is 3.83. The maximum atomic E-state index is 12.9. The van der Waals surface area contributed by atoms with E-state index in [2.05, 4.69) is 0 Å². The first-order valence-electron chi connectivity index (χ1n) is 4.89. The van der Waals surface area contributed by atoms with E-state index in [-0.39, 0.29) is 30.7 Å². The number of aliphatic carboxylic acids is 1. The van der Waals surface area contributed by atoms with Gasteiger partial charge in [-0.2, -0.15) is 0 Å². The number of hydrogen-bond donors (Lipinski definition) is 0. The van der Waals surface area contributed by atoms with Crippen LogP contribution in [0.5, 0.6) is 5.75 Å². The molecule has 0 amide bonds. The van der Waals surface area contributed by atoms with E-state index in [1.165, 1.54) is 18.2 Å². The summed E-state index contributed by atoms with van der Waals surface area (Å²) < 4.78 is 18.3. The molecular weight excluding hydrogens is 242 g/mol. The molecule has 2 rings (SSSR count). The van der Waals surface area contributed by atoms with E-state index in [4.69, 9.17) is 16.3 Å². The van der Waals surface area contributed by atoms with Gasteiger partial charge in [-0.25, -0.2) is 4.39 Å². The second-order valence-electron chi connectivity index (χ2n) is 3.80. The van der Waals surface area contributed by atoms with E-state index in [0.717, 1.165) is 0 Å². The summed E-state index contributed by atoms with van der Waals surface area (Å²) in [7, 11) is 0. The maximum absolute atomic E-state index is 12.9. The van der Waals surface area contributed by atoms with Crippen molar-refractivity contribution in [3.63, 3.8) is 0 Å². The maximum Gasteiger partial charge on any atom is 1.00 e. The van der Waals surface area contributed by atoms with Crippen molar-refractivity contribution in [3.8, 4) is 5.75 Å². The fraction of sp³-hybridized carbons (Fsp3) is 0.364. The third-order valence-electron chi connectivity index (χ3n) is 2.62. The van der Waals surface area contributed by atoms with Gasteiger partial charge in [-0.05, 0) is 25.0 Å². The molecule has 1 aliphatic rings. The van der Waals surface area contributed by atoms with Crippen LogP contribution in [0.15, 0.2) is 18.2 Å². The molecule has 0 aromatic heterocycles. The molecule has 1 saturated carbocycles. The van der Waals surface area contributed by atoms with E-state index in [9.17, 15) is 14.3 Å². The minimum atomic E-state index is -1.06. The molecule has 0 heterocycles. The molecule has 0 radical (unpaired) electrons. The molecule has 6 heteroatoms. The molecule has 0 saturated heterocycles. The van der Waals surface area contributed by atoms with Crippen LogP contribution in [0.25, 0.3) is 0 Å². The van der Waals surface area contributed by atoms with Gasteiger partial charge in [-0.15, -0.1) is 0 Å². The predicted molar refractivity (Wildman–Crippen MR) is 53.6 cm³/mol. The Labute approximate surface area is 115 Å². The Morgan fingerprint density at radius 3 is 2.71 bits per heavy atom. The third kappa shape index (κ3) is 3.38. The van der Waals surface area contributed by atoms with Gasteiger partial charge < -0.3 is 14.6 Å². The number of carboxylic acid groups (broad SMARTS) is 1. The Hall–Kier alpha value is -0.693. The predicted octanol–water partition coefficient (Wildman–Crippen LogP) is -1.61. The first kappa shape index (κ1) is 14.4. The number of carboxylic acids is 1. The van der Waals surface area contributed by atoms with Gasteiger partial charge in [0.1, 0.15) is 17.7 Å². The fourth-order valence-electron chi connectivity index (χ4n) is 1.60. The second kappa shape index (κ2) is 5.77. The summed E-state index contributed by atoms with van der Waals surface area (Å²) in [5.74, 6) is -1.71. The zero-order chi connectivity index (χ0) is 11.7.